The lowest BCUT2D eigenvalue weighted by molar-refractivity contribution is 0.0995. The number of hydrogen-bond donors (Lipinski definition) is 2. The molecule has 0 aliphatic carbocycles. The molecule has 0 bridgehead atoms. The van der Waals surface area contributed by atoms with Crippen LogP contribution in [0.25, 0.3) is 0 Å². The fraction of sp³-hybridized carbons (Fsp3) is 0.143. The molecule has 3 aromatic rings. The second-order valence-corrected chi connectivity index (χ2v) is 6.24. The molecule has 2 N–H and O–H groups in total. The summed E-state index contributed by atoms with van der Waals surface area (Å²) in [6.45, 7) is 4.22. The standard InChI is InChI=1S/C21H20N2O3/c1-14(2)16-5-3-6-18(13-16)23-20(24)15-8-10-17(11-9-15)22-21(25)19-7-4-12-26-19/h3-14H,1-2H3,(H,22,25)(H,23,24). The van der Waals surface area contributed by atoms with E-state index in [0.29, 0.717) is 17.2 Å². The number of nitrogens with one attached hydrogen (secondary N) is 2. The molecule has 2 aromatic carbocycles. The van der Waals surface area contributed by atoms with Crippen LogP contribution >= 0.6 is 0 Å². The van der Waals surface area contributed by atoms with Crippen LogP contribution < -0.4 is 10.6 Å². The molecule has 0 aliphatic rings. The van der Waals surface area contributed by atoms with Crippen molar-refractivity contribution in [2.24, 2.45) is 0 Å². The molecular formula is C21H20N2O3. The minimum Gasteiger partial charge on any atom is -0.459 e. The van der Waals surface area contributed by atoms with Gasteiger partial charge in [-0.15, -0.1) is 0 Å². The maximum Gasteiger partial charge on any atom is 0.291 e. The molecule has 1 heterocycles. The van der Waals surface area contributed by atoms with Crippen molar-refractivity contribution in [1.82, 2.24) is 0 Å². The molecule has 132 valence electrons. The minimum atomic E-state index is -0.335. The topological polar surface area (TPSA) is 71.3 Å². The van der Waals surface area contributed by atoms with Crippen molar-refractivity contribution in [3.8, 4) is 0 Å². The SMILES string of the molecule is CC(C)c1cccc(NC(=O)c2ccc(NC(=O)c3ccco3)cc2)c1. The van der Waals surface area contributed by atoms with E-state index in [1.807, 2.05) is 24.3 Å². The summed E-state index contributed by atoms with van der Waals surface area (Å²) >= 11 is 0. The second-order valence-electron chi connectivity index (χ2n) is 6.24. The molecular weight excluding hydrogens is 328 g/mol. The average Bonchev–Trinajstić information content (AvgIpc) is 3.17. The van der Waals surface area contributed by atoms with E-state index in [9.17, 15) is 9.59 Å². The van der Waals surface area contributed by atoms with Gasteiger partial charge in [0.2, 0.25) is 0 Å². The number of anilines is 2. The van der Waals surface area contributed by atoms with E-state index in [2.05, 4.69) is 24.5 Å². The van der Waals surface area contributed by atoms with Crippen molar-refractivity contribution < 1.29 is 14.0 Å². The highest BCUT2D eigenvalue weighted by Crippen LogP contribution is 2.19. The first-order valence-corrected chi connectivity index (χ1v) is 8.39. The van der Waals surface area contributed by atoms with Crippen LogP contribution in [0.5, 0.6) is 0 Å². The van der Waals surface area contributed by atoms with Gasteiger partial charge in [0.1, 0.15) is 0 Å². The van der Waals surface area contributed by atoms with Crippen LogP contribution in [0.2, 0.25) is 0 Å². The highest BCUT2D eigenvalue weighted by Gasteiger charge is 2.10. The molecule has 3 rings (SSSR count). The summed E-state index contributed by atoms with van der Waals surface area (Å²) in [6, 6.07) is 17.7. The quantitative estimate of drug-likeness (QED) is 0.688. The smallest absolute Gasteiger partial charge is 0.291 e. The Morgan fingerprint density at radius 1 is 0.846 bits per heavy atom. The largest absolute Gasteiger partial charge is 0.459 e. The van der Waals surface area contributed by atoms with Crippen molar-refractivity contribution in [1.29, 1.82) is 0 Å². The average molecular weight is 348 g/mol. The summed E-state index contributed by atoms with van der Waals surface area (Å²) in [5.41, 5.74) is 3.02. The molecule has 0 unspecified atom stereocenters. The summed E-state index contributed by atoms with van der Waals surface area (Å²) in [5, 5.41) is 5.61. The zero-order valence-electron chi connectivity index (χ0n) is 14.7. The Labute approximate surface area is 152 Å². The molecule has 0 fully saturated rings. The third-order valence-corrected chi connectivity index (χ3v) is 3.96. The van der Waals surface area contributed by atoms with Crippen LogP contribution in [0.4, 0.5) is 11.4 Å². The van der Waals surface area contributed by atoms with Crippen molar-refractivity contribution in [2.75, 3.05) is 10.6 Å². The lowest BCUT2D eigenvalue weighted by atomic mass is 10.0. The van der Waals surface area contributed by atoms with E-state index in [-0.39, 0.29) is 17.6 Å². The van der Waals surface area contributed by atoms with Crippen LogP contribution in [-0.4, -0.2) is 11.8 Å². The second kappa shape index (κ2) is 7.70. The lowest BCUT2D eigenvalue weighted by Gasteiger charge is -2.10. The Kier molecular flexibility index (Phi) is 5.17. The van der Waals surface area contributed by atoms with Gasteiger partial charge in [0.25, 0.3) is 11.8 Å². The zero-order chi connectivity index (χ0) is 18.5. The molecule has 0 atom stereocenters. The molecule has 0 saturated carbocycles. The van der Waals surface area contributed by atoms with Crippen LogP contribution in [0, 0.1) is 0 Å². The summed E-state index contributed by atoms with van der Waals surface area (Å²) in [6.07, 6.45) is 1.44. The van der Waals surface area contributed by atoms with E-state index in [1.165, 1.54) is 11.8 Å². The van der Waals surface area contributed by atoms with Crippen molar-refractivity contribution in [3.63, 3.8) is 0 Å². The van der Waals surface area contributed by atoms with Crippen molar-refractivity contribution in [2.45, 2.75) is 19.8 Å². The lowest BCUT2D eigenvalue weighted by Crippen LogP contribution is -2.13. The normalized spacial score (nSPS) is 10.6. The molecule has 0 radical (unpaired) electrons. The van der Waals surface area contributed by atoms with Gasteiger partial charge >= 0.3 is 0 Å². The number of carbonyl (C=O) groups excluding carboxylic acids is 2. The molecule has 1 aromatic heterocycles. The van der Waals surface area contributed by atoms with Gasteiger partial charge in [-0.2, -0.15) is 0 Å². The molecule has 5 heteroatoms. The molecule has 0 saturated heterocycles. The van der Waals surface area contributed by atoms with Gasteiger partial charge in [0.15, 0.2) is 5.76 Å². The highest BCUT2D eigenvalue weighted by molar-refractivity contribution is 6.05. The van der Waals surface area contributed by atoms with Gasteiger partial charge in [-0.05, 0) is 60.0 Å². The van der Waals surface area contributed by atoms with Crippen LogP contribution in [0.1, 0.15) is 46.2 Å². The molecule has 2 amide bonds. The summed E-state index contributed by atoms with van der Waals surface area (Å²) in [4.78, 5) is 24.3. The molecule has 0 spiro atoms. The fourth-order valence-corrected chi connectivity index (χ4v) is 2.48. The summed E-state index contributed by atoms with van der Waals surface area (Å²) in [5.74, 6) is 0.0910. The van der Waals surface area contributed by atoms with E-state index in [4.69, 9.17) is 4.42 Å². The number of hydrogen-bond acceptors (Lipinski definition) is 3. The van der Waals surface area contributed by atoms with E-state index >= 15 is 0 Å². The van der Waals surface area contributed by atoms with Crippen LogP contribution in [-0.2, 0) is 0 Å². The number of furan rings is 1. The van der Waals surface area contributed by atoms with Gasteiger partial charge in [0.05, 0.1) is 6.26 Å². The fourth-order valence-electron chi connectivity index (χ4n) is 2.48. The number of amides is 2. The zero-order valence-corrected chi connectivity index (χ0v) is 14.7. The van der Waals surface area contributed by atoms with Gasteiger partial charge in [-0.25, -0.2) is 0 Å². The Morgan fingerprint density at radius 3 is 2.23 bits per heavy atom. The minimum absolute atomic E-state index is 0.199. The van der Waals surface area contributed by atoms with Gasteiger partial charge in [0, 0.05) is 16.9 Å². The number of carbonyl (C=O) groups is 2. The Balaban J connectivity index is 1.65. The summed E-state index contributed by atoms with van der Waals surface area (Å²) in [7, 11) is 0. The first-order valence-electron chi connectivity index (χ1n) is 8.39. The first-order chi connectivity index (χ1) is 12.5. The molecule has 0 aliphatic heterocycles. The third kappa shape index (κ3) is 4.19. The van der Waals surface area contributed by atoms with Crippen molar-refractivity contribution >= 4 is 23.2 Å². The number of rotatable bonds is 5. The third-order valence-electron chi connectivity index (χ3n) is 3.96. The Morgan fingerprint density at radius 2 is 1.58 bits per heavy atom. The predicted molar refractivity (Wildman–Crippen MR) is 102 cm³/mol. The monoisotopic (exact) mass is 348 g/mol. The van der Waals surface area contributed by atoms with E-state index in [0.717, 1.165) is 5.69 Å². The van der Waals surface area contributed by atoms with E-state index < -0.39 is 0 Å². The highest BCUT2D eigenvalue weighted by atomic mass is 16.3. The van der Waals surface area contributed by atoms with Crippen molar-refractivity contribution in [3.05, 3.63) is 83.8 Å². The molecule has 5 nitrogen and oxygen atoms in total. The van der Waals surface area contributed by atoms with Gasteiger partial charge in [-0.3, -0.25) is 9.59 Å². The Hall–Kier alpha value is -3.34. The van der Waals surface area contributed by atoms with Gasteiger partial charge in [-0.1, -0.05) is 26.0 Å². The summed E-state index contributed by atoms with van der Waals surface area (Å²) < 4.78 is 5.05. The maximum atomic E-state index is 12.4. The predicted octanol–water partition coefficient (Wildman–Crippen LogP) is 4.91. The first kappa shape index (κ1) is 17.5. The maximum absolute atomic E-state index is 12.4. The van der Waals surface area contributed by atoms with Crippen LogP contribution in [0.3, 0.4) is 0 Å². The van der Waals surface area contributed by atoms with Gasteiger partial charge < -0.3 is 15.1 Å². The molecule has 26 heavy (non-hydrogen) atoms. The number of benzene rings is 2. The van der Waals surface area contributed by atoms with Crippen LogP contribution in [0.15, 0.2) is 71.3 Å². The van der Waals surface area contributed by atoms with E-state index in [1.54, 1.807) is 36.4 Å². The Bertz CT molecular complexity index is 897.